The monoisotopic (exact) mass is 332 g/mol. The Hall–Kier alpha value is -3.41. The summed E-state index contributed by atoms with van der Waals surface area (Å²) in [5, 5.41) is 7.06. The van der Waals surface area contributed by atoms with E-state index in [1.807, 2.05) is 53.3 Å². The highest BCUT2D eigenvalue weighted by Crippen LogP contribution is 2.20. The van der Waals surface area contributed by atoms with Gasteiger partial charge in [0.1, 0.15) is 5.52 Å². The van der Waals surface area contributed by atoms with Gasteiger partial charge >= 0.3 is 0 Å². The maximum atomic E-state index is 12.4. The summed E-state index contributed by atoms with van der Waals surface area (Å²) in [6.07, 6.45) is 3.65. The van der Waals surface area contributed by atoms with Gasteiger partial charge in [0.15, 0.2) is 11.5 Å². The molecule has 25 heavy (non-hydrogen) atoms. The van der Waals surface area contributed by atoms with Gasteiger partial charge in [0.2, 0.25) is 0 Å². The van der Waals surface area contributed by atoms with Gasteiger partial charge in [-0.2, -0.15) is 5.10 Å². The largest absolute Gasteiger partial charge is 0.441 e. The average molecular weight is 332 g/mol. The molecule has 2 aromatic carbocycles. The number of oxazole rings is 1. The number of amides is 1. The van der Waals surface area contributed by atoms with Gasteiger partial charge in [-0.15, -0.1) is 0 Å². The smallest absolute Gasteiger partial charge is 0.255 e. The second kappa shape index (κ2) is 6.24. The summed E-state index contributed by atoms with van der Waals surface area (Å²) in [4.78, 5) is 16.7. The summed E-state index contributed by atoms with van der Waals surface area (Å²) in [5.41, 5.74) is 3.79. The van der Waals surface area contributed by atoms with E-state index in [-0.39, 0.29) is 5.91 Å². The number of nitrogens with zero attached hydrogens (tertiary/aromatic N) is 3. The summed E-state index contributed by atoms with van der Waals surface area (Å²) in [5.74, 6) is 0.437. The van der Waals surface area contributed by atoms with Crippen LogP contribution in [0.25, 0.3) is 11.1 Å². The lowest BCUT2D eigenvalue weighted by molar-refractivity contribution is 0.102. The van der Waals surface area contributed by atoms with Crippen LogP contribution in [-0.2, 0) is 6.54 Å². The van der Waals surface area contributed by atoms with Gasteiger partial charge in [-0.1, -0.05) is 12.1 Å². The Morgan fingerprint density at radius 2 is 2.04 bits per heavy atom. The minimum absolute atomic E-state index is 0.166. The van der Waals surface area contributed by atoms with E-state index in [0.717, 1.165) is 11.1 Å². The maximum Gasteiger partial charge on any atom is 0.255 e. The number of hydrogen-bond acceptors (Lipinski definition) is 4. The van der Waals surface area contributed by atoms with Crippen LogP contribution in [0, 0.1) is 6.92 Å². The average Bonchev–Trinajstić information content (AvgIpc) is 3.23. The molecule has 4 rings (SSSR count). The van der Waals surface area contributed by atoms with Gasteiger partial charge in [0.25, 0.3) is 5.91 Å². The summed E-state index contributed by atoms with van der Waals surface area (Å²) < 4.78 is 7.33. The van der Waals surface area contributed by atoms with E-state index >= 15 is 0 Å². The van der Waals surface area contributed by atoms with Crippen LogP contribution in [0.1, 0.15) is 21.8 Å². The van der Waals surface area contributed by atoms with E-state index < -0.39 is 0 Å². The molecule has 4 aromatic rings. The van der Waals surface area contributed by atoms with Gasteiger partial charge in [0.05, 0.1) is 6.54 Å². The first-order valence-electron chi connectivity index (χ1n) is 7.92. The highest BCUT2D eigenvalue weighted by Gasteiger charge is 2.08. The number of carbonyl (C=O) groups excluding carboxylic acids is 1. The lowest BCUT2D eigenvalue weighted by atomic mass is 10.1. The molecule has 124 valence electrons. The SMILES string of the molecule is Cc1nc2ccc(NC(=O)c3ccc(Cn4cccn4)cc3)cc2o1. The number of hydrogen-bond donors (Lipinski definition) is 1. The van der Waals surface area contributed by atoms with E-state index in [2.05, 4.69) is 15.4 Å². The third-order valence-corrected chi connectivity index (χ3v) is 3.87. The zero-order valence-electron chi connectivity index (χ0n) is 13.6. The number of rotatable bonds is 4. The first-order valence-corrected chi connectivity index (χ1v) is 7.92. The molecule has 0 spiro atoms. The van der Waals surface area contributed by atoms with Crippen LogP contribution in [0.3, 0.4) is 0 Å². The molecular weight excluding hydrogens is 316 g/mol. The van der Waals surface area contributed by atoms with Crippen molar-refractivity contribution in [1.29, 1.82) is 0 Å². The summed E-state index contributed by atoms with van der Waals surface area (Å²) in [7, 11) is 0. The Balaban J connectivity index is 1.47. The molecule has 0 unspecified atom stereocenters. The number of benzene rings is 2. The Morgan fingerprint density at radius 3 is 2.80 bits per heavy atom. The Morgan fingerprint density at radius 1 is 1.20 bits per heavy atom. The molecule has 1 amide bonds. The fourth-order valence-corrected chi connectivity index (χ4v) is 2.66. The number of carbonyl (C=O) groups is 1. The van der Waals surface area contributed by atoms with Crippen LogP contribution in [0.5, 0.6) is 0 Å². The zero-order chi connectivity index (χ0) is 17.2. The van der Waals surface area contributed by atoms with E-state index in [9.17, 15) is 4.79 Å². The van der Waals surface area contributed by atoms with E-state index in [1.165, 1.54) is 0 Å². The number of nitrogens with one attached hydrogen (secondary N) is 1. The van der Waals surface area contributed by atoms with Crippen molar-refractivity contribution in [3.8, 4) is 0 Å². The fourth-order valence-electron chi connectivity index (χ4n) is 2.66. The van der Waals surface area contributed by atoms with Crippen molar-refractivity contribution in [2.24, 2.45) is 0 Å². The molecule has 0 radical (unpaired) electrons. The van der Waals surface area contributed by atoms with E-state index in [4.69, 9.17) is 4.42 Å². The van der Waals surface area contributed by atoms with Crippen molar-refractivity contribution in [2.45, 2.75) is 13.5 Å². The quantitative estimate of drug-likeness (QED) is 0.619. The van der Waals surface area contributed by atoms with Crippen molar-refractivity contribution < 1.29 is 9.21 Å². The molecule has 6 nitrogen and oxygen atoms in total. The van der Waals surface area contributed by atoms with Crippen molar-refractivity contribution in [3.05, 3.63) is 77.9 Å². The molecule has 2 aromatic heterocycles. The molecule has 0 saturated carbocycles. The van der Waals surface area contributed by atoms with Crippen LogP contribution >= 0.6 is 0 Å². The van der Waals surface area contributed by atoms with E-state index in [1.54, 1.807) is 19.2 Å². The lowest BCUT2D eigenvalue weighted by Gasteiger charge is -2.06. The van der Waals surface area contributed by atoms with Crippen molar-refractivity contribution in [1.82, 2.24) is 14.8 Å². The second-order valence-electron chi connectivity index (χ2n) is 5.77. The van der Waals surface area contributed by atoms with Crippen LogP contribution in [-0.4, -0.2) is 20.7 Å². The van der Waals surface area contributed by atoms with Gasteiger partial charge < -0.3 is 9.73 Å². The molecule has 0 bridgehead atoms. The Labute approximate surface area is 144 Å². The second-order valence-corrected chi connectivity index (χ2v) is 5.77. The maximum absolute atomic E-state index is 12.4. The predicted octanol–water partition coefficient (Wildman–Crippen LogP) is 3.63. The molecule has 6 heteroatoms. The van der Waals surface area contributed by atoms with Crippen LogP contribution in [0.2, 0.25) is 0 Å². The molecule has 1 N–H and O–H groups in total. The molecular formula is C19H16N4O2. The number of fused-ring (bicyclic) bond motifs is 1. The lowest BCUT2D eigenvalue weighted by Crippen LogP contribution is -2.12. The number of aryl methyl sites for hydroxylation is 1. The first kappa shape index (κ1) is 15.1. The van der Waals surface area contributed by atoms with E-state index in [0.29, 0.717) is 29.3 Å². The molecule has 0 aliphatic rings. The minimum atomic E-state index is -0.166. The van der Waals surface area contributed by atoms with Crippen molar-refractivity contribution in [2.75, 3.05) is 5.32 Å². The summed E-state index contributed by atoms with van der Waals surface area (Å²) in [6, 6.07) is 14.8. The zero-order valence-corrected chi connectivity index (χ0v) is 13.6. The first-order chi connectivity index (χ1) is 12.2. The van der Waals surface area contributed by atoms with Crippen LogP contribution in [0.4, 0.5) is 5.69 Å². The van der Waals surface area contributed by atoms with Gasteiger partial charge in [0, 0.05) is 36.6 Å². The van der Waals surface area contributed by atoms with Crippen molar-refractivity contribution >= 4 is 22.7 Å². The van der Waals surface area contributed by atoms with Crippen LogP contribution in [0.15, 0.2) is 65.3 Å². The third kappa shape index (κ3) is 3.28. The Bertz CT molecular complexity index is 1020. The molecule has 0 atom stereocenters. The molecule has 0 aliphatic carbocycles. The topological polar surface area (TPSA) is 73.0 Å². The number of anilines is 1. The van der Waals surface area contributed by atoms with Gasteiger partial charge in [-0.25, -0.2) is 4.98 Å². The highest BCUT2D eigenvalue weighted by molar-refractivity contribution is 6.04. The minimum Gasteiger partial charge on any atom is -0.441 e. The summed E-state index contributed by atoms with van der Waals surface area (Å²) >= 11 is 0. The fraction of sp³-hybridized carbons (Fsp3) is 0.105. The van der Waals surface area contributed by atoms with Crippen molar-refractivity contribution in [3.63, 3.8) is 0 Å². The number of aromatic nitrogens is 3. The molecule has 0 saturated heterocycles. The highest BCUT2D eigenvalue weighted by atomic mass is 16.3. The van der Waals surface area contributed by atoms with Gasteiger partial charge in [-0.05, 0) is 35.9 Å². The molecule has 0 fully saturated rings. The molecule has 2 heterocycles. The Kier molecular flexibility index (Phi) is 3.78. The predicted molar refractivity (Wildman–Crippen MR) is 94.5 cm³/mol. The van der Waals surface area contributed by atoms with Gasteiger partial charge in [-0.3, -0.25) is 9.48 Å². The molecule has 0 aliphatic heterocycles. The third-order valence-electron chi connectivity index (χ3n) is 3.87. The normalized spacial score (nSPS) is 10.9. The summed E-state index contributed by atoms with van der Waals surface area (Å²) in [6.45, 7) is 2.47. The standard InChI is InChI=1S/C19H16N4O2/c1-13-21-17-8-7-16(11-18(17)25-13)22-19(24)15-5-3-14(4-6-15)12-23-10-2-9-20-23/h2-11H,12H2,1H3,(H,22,24). The van der Waals surface area contributed by atoms with Crippen LogP contribution < -0.4 is 5.32 Å².